The summed E-state index contributed by atoms with van der Waals surface area (Å²) in [5, 5.41) is 6.40. The minimum Gasteiger partial charge on any atom is -0.493 e. The van der Waals surface area contributed by atoms with Gasteiger partial charge >= 0.3 is 0 Å². The number of benzene rings is 1. The molecule has 0 aliphatic heterocycles. The highest BCUT2D eigenvalue weighted by Gasteiger charge is 2.09. The number of methoxy groups -OCH3 is 2. The number of rotatable bonds is 5. The average molecular weight is 268 g/mol. The van der Waals surface area contributed by atoms with E-state index in [0.717, 1.165) is 12.1 Å². The van der Waals surface area contributed by atoms with Crippen LogP contribution in [0.25, 0.3) is 0 Å². The molecule has 1 aromatic rings. The van der Waals surface area contributed by atoms with Crippen molar-refractivity contribution in [2.24, 2.45) is 0 Å². The van der Waals surface area contributed by atoms with E-state index in [9.17, 15) is 0 Å². The second-order valence-corrected chi connectivity index (χ2v) is 3.76. The van der Waals surface area contributed by atoms with Gasteiger partial charge in [0.2, 0.25) is 11.3 Å². The Hall–Kier alpha value is -1.82. The van der Waals surface area contributed by atoms with Crippen molar-refractivity contribution in [3.63, 3.8) is 0 Å². The largest absolute Gasteiger partial charge is 0.493 e. The van der Waals surface area contributed by atoms with Crippen LogP contribution in [-0.4, -0.2) is 32.1 Å². The van der Waals surface area contributed by atoms with Crippen LogP contribution < -0.4 is 25.3 Å². The van der Waals surface area contributed by atoms with Crippen LogP contribution >= 0.6 is 12.2 Å². The van der Waals surface area contributed by atoms with Crippen molar-refractivity contribution in [1.29, 1.82) is 0 Å². The monoisotopic (exact) mass is 268 g/mol. The molecule has 5 nitrogen and oxygen atoms in total. The predicted molar refractivity (Wildman–Crippen MR) is 75.1 cm³/mol. The predicted octanol–water partition coefficient (Wildman–Crippen LogP) is -0.398. The molecule has 6 heteroatoms. The quantitative estimate of drug-likeness (QED) is 0.385. The normalized spacial score (nSPS) is 10.2. The fraction of sp³-hybridized carbons (Fsp3) is 0.333. The molecule has 0 heterocycles. The molecule has 0 saturated carbocycles. The molecule has 3 N–H and O–H groups in total. The summed E-state index contributed by atoms with van der Waals surface area (Å²) in [6.07, 6.45) is 1.75. The van der Waals surface area contributed by atoms with Crippen molar-refractivity contribution < 1.29 is 14.6 Å². The van der Waals surface area contributed by atoms with Gasteiger partial charge in [-0.15, -0.1) is 10.5 Å². The molecule has 0 saturated heterocycles. The first kappa shape index (κ1) is 14.2. The van der Waals surface area contributed by atoms with Crippen LogP contribution in [-0.2, 0) is 0 Å². The van der Waals surface area contributed by atoms with Gasteiger partial charge in [0.1, 0.15) is 0 Å². The van der Waals surface area contributed by atoms with Gasteiger partial charge in [-0.05, 0) is 31.3 Å². The smallest absolute Gasteiger partial charge is 0.223 e. The van der Waals surface area contributed by atoms with Gasteiger partial charge in [0.25, 0.3) is 0 Å². The Morgan fingerprint density at radius 1 is 1.39 bits per heavy atom. The Bertz CT molecular complexity index is 435. The van der Waals surface area contributed by atoms with Gasteiger partial charge in [-0.1, -0.05) is 6.07 Å². The van der Waals surface area contributed by atoms with Gasteiger partial charge in [-0.3, -0.25) is 0 Å². The van der Waals surface area contributed by atoms with Crippen molar-refractivity contribution in [2.45, 2.75) is 6.92 Å². The summed E-state index contributed by atoms with van der Waals surface area (Å²) >= 11 is 5.02. The Balaban J connectivity index is 2.77. The van der Waals surface area contributed by atoms with Crippen molar-refractivity contribution >= 4 is 23.5 Å². The van der Waals surface area contributed by atoms with E-state index in [2.05, 4.69) is 15.8 Å². The highest BCUT2D eigenvalue weighted by molar-refractivity contribution is 7.80. The molecule has 0 spiro atoms. The van der Waals surface area contributed by atoms with E-state index in [1.54, 1.807) is 20.4 Å². The Kier molecular flexibility index (Phi) is 5.93. The third kappa shape index (κ3) is 3.89. The lowest BCUT2D eigenvalue weighted by Crippen LogP contribution is -2.82. The lowest BCUT2D eigenvalue weighted by molar-refractivity contribution is -0.500. The summed E-state index contributed by atoms with van der Waals surface area (Å²) in [7, 11) is 3.21. The van der Waals surface area contributed by atoms with Crippen LogP contribution in [0.3, 0.4) is 0 Å². The van der Waals surface area contributed by atoms with Gasteiger partial charge in [0.15, 0.2) is 11.5 Å². The van der Waals surface area contributed by atoms with Gasteiger partial charge in [0, 0.05) is 6.54 Å². The van der Waals surface area contributed by atoms with Crippen LogP contribution in [0.2, 0.25) is 0 Å². The second kappa shape index (κ2) is 7.50. The summed E-state index contributed by atoms with van der Waals surface area (Å²) in [5.41, 5.74) is 3.70. The van der Waals surface area contributed by atoms with Crippen molar-refractivity contribution in [1.82, 2.24) is 10.7 Å². The molecule has 0 aliphatic carbocycles. The van der Waals surface area contributed by atoms with E-state index in [-0.39, 0.29) is 0 Å². The Labute approximate surface area is 112 Å². The number of nitrogens with one attached hydrogen (secondary N) is 3. The van der Waals surface area contributed by atoms with Crippen molar-refractivity contribution in [3.8, 4) is 11.5 Å². The number of ether oxygens (including phenoxy) is 2. The summed E-state index contributed by atoms with van der Waals surface area (Å²) < 4.78 is 10.5. The zero-order chi connectivity index (χ0) is 13.4. The number of hydrazone groups is 1. The molecule has 18 heavy (non-hydrogen) atoms. The second-order valence-electron chi connectivity index (χ2n) is 3.36. The van der Waals surface area contributed by atoms with Gasteiger partial charge in [-0.2, -0.15) is 0 Å². The summed E-state index contributed by atoms with van der Waals surface area (Å²) in [5.74, 6) is 1.35. The maximum atomic E-state index is 5.30. The molecule has 0 unspecified atom stereocenters. The molecular formula is C12H18N3O2S+. The maximum absolute atomic E-state index is 5.30. The topological polar surface area (TPSA) is 56.5 Å². The van der Waals surface area contributed by atoms with Crippen LogP contribution in [0.15, 0.2) is 18.2 Å². The number of hydrogen-bond donors (Lipinski definition) is 3. The minimum atomic E-state index is 0.538. The molecule has 1 aromatic carbocycles. The van der Waals surface area contributed by atoms with Gasteiger partial charge in [0.05, 0.1) is 19.8 Å². The Morgan fingerprint density at radius 2 is 2.17 bits per heavy atom. The van der Waals surface area contributed by atoms with Crippen molar-refractivity contribution in [3.05, 3.63) is 23.8 Å². The van der Waals surface area contributed by atoms with Crippen LogP contribution in [0, 0.1) is 0 Å². The standard InChI is InChI=1S/C12H17N3O2S/c1-4-13-12(18)15-14-8-9-6-5-7-10(16-2)11(9)17-3/h5-8H,4H2,1-3H3,(H2,13,15,18)/p+1. The third-order valence-electron chi connectivity index (χ3n) is 2.18. The fourth-order valence-corrected chi connectivity index (χ4v) is 1.61. The van der Waals surface area contributed by atoms with Gasteiger partial charge in [-0.25, -0.2) is 0 Å². The maximum Gasteiger partial charge on any atom is 0.223 e. The first-order valence-electron chi connectivity index (χ1n) is 5.56. The SMILES string of the molecule is CCNC(=S)N[NH+]=Cc1cccc(OC)c1OC. The highest BCUT2D eigenvalue weighted by atomic mass is 32.1. The lowest BCUT2D eigenvalue weighted by atomic mass is 10.2. The summed E-state index contributed by atoms with van der Waals surface area (Å²) in [6.45, 7) is 2.75. The summed E-state index contributed by atoms with van der Waals surface area (Å²) in [6, 6.07) is 5.64. The Morgan fingerprint density at radius 3 is 2.78 bits per heavy atom. The third-order valence-corrected chi connectivity index (χ3v) is 2.43. The minimum absolute atomic E-state index is 0.538. The average Bonchev–Trinajstić information content (AvgIpc) is 2.38. The molecular weight excluding hydrogens is 250 g/mol. The fourth-order valence-electron chi connectivity index (χ4n) is 1.41. The molecule has 0 aliphatic rings. The van der Waals surface area contributed by atoms with E-state index in [1.165, 1.54) is 0 Å². The first-order chi connectivity index (χ1) is 8.72. The van der Waals surface area contributed by atoms with Crippen LogP contribution in [0.4, 0.5) is 0 Å². The van der Waals surface area contributed by atoms with E-state index in [1.807, 2.05) is 25.1 Å². The molecule has 0 fully saturated rings. The molecule has 98 valence electrons. The van der Waals surface area contributed by atoms with Crippen LogP contribution in [0.1, 0.15) is 12.5 Å². The number of para-hydroxylation sites is 1. The van der Waals surface area contributed by atoms with E-state index < -0.39 is 0 Å². The number of thiocarbonyl (C=S) groups is 1. The first-order valence-corrected chi connectivity index (χ1v) is 5.97. The lowest BCUT2D eigenvalue weighted by Gasteiger charge is -2.08. The summed E-state index contributed by atoms with van der Waals surface area (Å²) in [4.78, 5) is 0. The molecule has 0 bridgehead atoms. The molecule has 1 rings (SSSR count). The van der Waals surface area contributed by atoms with Crippen molar-refractivity contribution in [2.75, 3.05) is 20.8 Å². The zero-order valence-electron chi connectivity index (χ0n) is 10.7. The molecule has 0 aromatic heterocycles. The number of hydrogen-bond acceptors (Lipinski definition) is 3. The van der Waals surface area contributed by atoms with Gasteiger partial charge < -0.3 is 14.8 Å². The zero-order valence-corrected chi connectivity index (χ0v) is 11.6. The van der Waals surface area contributed by atoms with E-state index in [0.29, 0.717) is 16.6 Å². The van der Waals surface area contributed by atoms with E-state index >= 15 is 0 Å². The molecule has 0 amide bonds. The highest BCUT2D eigenvalue weighted by Crippen LogP contribution is 2.28. The molecule has 0 radical (unpaired) electrons. The molecule has 0 atom stereocenters. The van der Waals surface area contributed by atoms with E-state index in [4.69, 9.17) is 21.7 Å². The van der Waals surface area contributed by atoms with Crippen LogP contribution in [0.5, 0.6) is 11.5 Å². The number of hydrazine groups is 1.